The number of fused-ring (bicyclic) bond motifs is 6. The molecule has 57 heavy (non-hydrogen) atoms. The van der Waals surface area contributed by atoms with E-state index in [1.165, 1.54) is 55.6 Å². The summed E-state index contributed by atoms with van der Waals surface area (Å²) in [6, 6.07) is 64.2. The lowest BCUT2D eigenvalue weighted by atomic mass is 9.82. The number of allylic oxidation sites excluding steroid dienone is 1. The minimum Gasteiger partial charge on any atom is -0.456 e. The Balaban J connectivity index is 1.18. The number of furan rings is 1. The van der Waals surface area contributed by atoms with E-state index in [0.717, 1.165) is 50.1 Å². The van der Waals surface area contributed by atoms with Crippen molar-refractivity contribution in [2.24, 2.45) is 0 Å². The standard InChI is InChI=1S/C55H43NO/c1-5-14-43-36(2)15-13-20-44(43)40-25-30-45(38-16-7-6-8-17-38)52(34-40)56(42-29-31-47-46-18-9-11-21-50(46)55(3,4)51(47)35-42)41-27-23-37(24-28-41)39-26-32-54-49(33-39)48-19-10-12-22-53(48)57-54/h5-35H,1-4H3/b14-5-. The smallest absolute Gasteiger partial charge is 0.135 e. The lowest BCUT2D eigenvalue weighted by Crippen LogP contribution is -2.17. The van der Waals surface area contributed by atoms with Gasteiger partial charge >= 0.3 is 0 Å². The van der Waals surface area contributed by atoms with Gasteiger partial charge in [-0.1, -0.05) is 153 Å². The van der Waals surface area contributed by atoms with E-state index in [1.807, 2.05) is 12.1 Å². The summed E-state index contributed by atoms with van der Waals surface area (Å²) < 4.78 is 6.16. The maximum Gasteiger partial charge on any atom is 0.135 e. The van der Waals surface area contributed by atoms with Gasteiger partial charge in [-0.15, -0.1) is 0 Å². The quantitative estimate of drug-likeness (QED) is 0.162. The van der Waals surface area contributed by atoms with Crippen LogP contribution in [-0.4, -0.2) is 0 Å². The van der Waals surface area contributed by atoms with E-state index >= 15 is 0 Å². The molecule has 1 aliphatic carbocycles. The zero-order valence-electron chi connectivity index (χ0n) is 32.8. The molecule has 0 saturated heterocycles. The predicted octanol–water partition coefficient (Wildman–Crippen LogP) is 15.7. The Kier molecular flexibility index (Phi) is 8.30. The summed E-state index contributed by atoms with van der Waals surface area (Å²) in [6.45, 7) is 9.01. The number of rotatable bonds is 7. The topological polar surface area (TPSA) is 16.4 Å². The lowest BCUT2D eigenvalue weighted by molar-refractivity contribution is 0.660. The van der Waals surface area contributed by atoms with E-state index in [0.29, 0.717) is 0 Å². The molecule has 0 aliphatic heterocycles. The van der Waals surface area contributed by atoms with Crippen molar-refractivity contribution in [3.05, 3.63) is 204 Å². The van der Waals surface area contributed by atoms with Crippen LogP contribution in [0.4, 0.5) is 17.1 Å². The van der Waals surface area contributed by atoms with Crippen LogP contribution in [0.25, 0.3) is 72.5 Å². The van der Waals surface area contributed by atoms with Crippen LogP contribution in [0.1, 0.15) is 43.0 Å². The van der Waals surface area contributed by atoms with Crippen molar-refractivity contribution in [1.29, 1.82) is 0 Å². The minimum atomic E-state index is -0.138. The minimum absolute atomic E-state index is 0.138. The van der Waals surface area contributed by atoms with Crippen molar-refractivity contribution in [1.82, 2.24) is 0 Å². The van der Waals surface area contributed by atoms with Crippen molar-refractivity contribution < 1.29 is 4.42 Å². The molecule has 0 radical (unpaired) electrons. The van der Waals surface area contributed by atoms with Gasteiger partial charge in [-0.05, 0) is 124 Å². The fourth-order valence-electron chi connectivity index (χ4n) is 9.03. The monoisotopic (exact) mass is 733 g/mol. The third kappa shape index (κ3) is 5.79. The zero-order chi connectivity index (χ0) is 38.7. The third-order valence-corrected chi connectivity index (χ3v) is 12.0. The van der Waals surface area contributed by atoms with Crippen molar-refractivity contribution in [3.8, 4) is 44.5 Å². The molecule has 9 aromatic rings. The first kappa shape index (κ1) is 34.6. The molecule has 0 fully saturated rings. The first-order valence-corrected chi connectivity index (χ1v) is 19.9. The Hall–Kier alpha value is -6.90. The molecule has 2 nitrogen and oxygen atoms in total. The summed E-state index contributed by atoms with van der Waals surface area (Å²) >= 11 is 0. The number of hydrogen-bond donors (Lipinski definition) is 0. The van der Waals surface area contributed by atoms with Gasteiger partial charge in [-0.3, -0.25) is 0 Å². The molecule has 0 N–H and O–H groups in total. The summed E-state index contributed by atoms with van der Waals surface area (Å²) in [6.07, 6.45) is 4.37. The number of para-hydroxylation sites is 1. The predicted molar refractivity (Wildman–Crippen MR) is 242 cm³/mol. The van der Waals surface area contributed by atoms with Gasteiger partial charge < -0.3 is 9.32 Å². The van der Waals surface area contributed by atoms with Gasteiger partial charge in [0.25, 0.3) is 0 Å². The van der Waals surface area contributed by atoms with Crippen molar-refractivity contribution in [2.45, 2.75) is 33.1 Å². The summed E-state index contributed by atoms with van der Waals surface area (Å²) in [7, 11) is 0. The van der Waals surface area contributed by atoms with Crippen LogP contribution in [0.5, 0.6) is 0 Å². The Bertz CT molecular complexity index is 3000. The average Bonchev–Trinajstić information content (AvgIpc) is 3.73. The molecule has 1 aliphatic rings. The van der Waals surface area contributed by atoms with Gasteiger partial charge in [0.15, 0.2) is 0 Å². The highest BCUT2D eigenvalue weighted by Gasteiger charge is 2.36. The second kappa shape index (κ2) is 13.7. The van der Waals surface area contributed by atoms with Crippen LogP contribution in [-0.2, 0) is 5.41 Å². The molecule has 0 bridgehead atoms. The number of benzene rings is 8. The van der Waals surface area contributed by atoms with E-state index in [2.05, 4.69) is 209 Å². The van der Waals surface area contributed by atoms with Crippen molar-refractivity contribution in [2.75, 3.05) is 4.90 Å². The second-order valence-electron chi connectivity index (χ2n) is 15.7. The average molecular weight is 734 g/mol. The third-order valence-electron chi connectivity index (χ3n) is 12.0. The number of nitrogens with zero attached hydrogens (tertiary/aromatic N) is 1. The Morgan fingerprint density at radius 1 is 0.474 bits per heavy atom. The molecule has 0 unspecified atom stereocenters. The molecule has 274 valence electrons. The van der Waals surface area contributed by atoms with Crippen molar-refractivity contribution in [3.63, 3.8) is 0 Å². The lowest BCUT2D eigenvalue weighted by Gasteiger charge is -2.30. The van der Waals surface area contributed by atoms with Gasteiger partial charge in [-0.25, -0.2) is 0 Å². The Labute approximate surface area is 335 Å². The molecular weight excluding hydrogens is 691 g/mol. The largest absolute Gasteiger partial charge is 0.456 e. The first-order chi connectivity index (χ1) is 27.9. The van der Waals surface area contributed by atoms with Gasteiger partial charge in [-0.2, -0.15) is 0 Å². The maximum atomic E-state index is 6.16. The molecule has 0 amide bonds. The highest BCUT2D eigenvalue weighted by Crippen LogP contribution is 2.52. The molecule has 0 spiro atoms. The van der Waals surface area contributed by atoms with Gasteiger partial charge in [0.05, 0.1) is 5.69 Å². The van der Waals surface area contributed by atoms with E-state index in [4.69, 9.17) is 4.42 Å². The number of aryl methyl sites for hydroxylation is 1. The van der Waals surface area contributed by atoms with Crippen LogP contribution < -0.4 is 4.90 Å². The second-order valence-corrected chi connectivity index (χ2v) is 15.7. The van der Waals surface area contributed by atoms with Crippen LogP contribution in [0, 0.1) is 6.92 Å². The summed E-state index contributed by atoms with van der Waals surface area (Å²) in [4.78, 5) is 2.47. The highest BCUT2D eigenvalue weighted by atomic mass is 16.3. The maximum absolute atomic E-state index is 6.16. The molecular formula is C55H43NO. The van der Waals surface area contributed by atoms with Crippen LogP contribution in [0.3, 0.4) is 0 Å². The van der Waals surface area contributed by atoms with Gasteiger partial charge in [0.2, 0.25) is 0 Å². The van der Waals surface area contributed by atoms with Crippen LogP contribution in [0.2, 0.25) is 0 Å². The molecule has 8 aromatic carbocycles. The van der Waals surface area contributed by atoms with Crippen molar-refractivity contribution >= 4 is 45.1 Å². The molecule has 2 heteroatoms. The highest BCUT2D eigenvalue weighted by molar-refractivity contribution is 6.06. The van der Waals surface area contributed by atoms with E-state index in [9.17, 15) is 0 Å². The van der Waals surface area contributed by atoms with E-state index in [1.54, 1.807) is 0 Å². The Morgan fingerprint density at radius 3 is 1.98 bits per heavy atom. The van der Waals surface area contributed by atoms with Crippen LogP contribution in [0.15, 0.2) is 186 Å². The van der Waals surface area contributed by atoms with E-state index in [-0.39, 0.29) is 5.41 Å². The zero-order valence-corrected chi connectivity index (χ0v) is 32.8. The molecule has 0 saturated carbocycles. The molecule has 1 aromatic heterocycles. The normalized spacial score (nSPS) is 13.0. The molecule has 1 heterocycles. The van der Waals surface area contributed by atoms with Crippen LogP contribution >= 0.6 is 0 Å². The first-order valence-electron chi connectivity index (χ1n) is 19.9. The fourth-order valence-corrected chi connectivity index (χ4v) is 9.03. The molecule has 10 rings (SSSR count). The number of hydrogen-bond acceptors (Lipinski definition) is 2. The Morgan fingerprint density at radius 2 is 1.14 bits per heavy atom. The summed E-state index contributed by atoms with van der Waals surface area (Å²) in [5, 5.41) is 2.27. The van der Waals surface area contributed by atoms with E-state index < -0.39 is 0 Å². The van der Waals surface area contributed by atoms with Gasteiger partial charge in [0, 0.05) is 33.1 Å². The number of anilines is 3. The fraction of sp³-hybridized carbons (Fsp3) is 0.0909. The molecule has 0 atom stereocenters. The summed E-state index contributed by atoms with van der Waals surface area (Å²) in [5.41, 5.74) is 19.9. The SMILES string of the molecule is C/C=C\c1c(C)cccc1-c1ccc(-c2ccccc2)c(N(c2ccc(-c3ccc4oc5ccccc5c4c3)cc2)c2ccc3c(c2)C(C)(C)c2ccccc2-3)c1. The van der Waals surface area contributed by atoms with Gasteiger partial charge in [0.1, 0.15) is 11.2 Å². The summed E-state index contributed by atoms with van der Waals surface area (Å²) in [5.74, 6) is 0.